The molecule has 4 nitrogen and oxygen atoms in total. The van der Waals surface area contributed by atoms with E-state index >= 15 is 0 Å². The second-order valence-corrected chi connectivity index (χ2v) is 8.88. The fourth-order valence-corrected chi connectivity index (χ4v) is 5.99. The van der Waals surface area contributed by atoms with E-state index in [1.54, 1.807) is 0 Å². The van der Waals surface area contributed by atoms with Crippen LogP contribution < -0.4 is 10.6 Å². The van der Waals surface area contributed by atoms with Crippen LogP contribution in [0.5, 0.6) is 0 Å². The summed E-state index contributed by atoms with van der Waals surface area (Å²) in [4.78, 5) is 25.1. The van der Waals surface area contributed by atoms with Crippen molar-refractivity contribution in [2.75, 3.05) is 11.9 Å². The number of hydrogen-bond acceptors (Lipinski definition) is 2. The van der Waals surface area contributed by atoms with Crippen LogP contribution in [0.1, 0.15) is 57.4 Å². The van der Waals surface area contributed by atoms with E-state index in [4.69, 9.17) is 0 Å². The molecule has 1 aromatic carbocycles. The summed E-state index contributed by atoms with van der Waals surface area (Å²) in [5.41, 5.74) is 1.89. The molecule has 0 atom stereocenters. The van der Waals surface area contributed by atoms with E-state index in [0.717, 1.165) is 55.5 Å². The van der Waals surface area contributed by atoms with Crippen molar-refractivity contribution in [2.45, 2.75) is 58.3 Å². The maximum Gasteiger partial charge on any atom is 0.243 e. The minimum absolute atomic E-state index is 0.0668. The van der Waals surface area contributed by atoms with E-state index in [0.29, 0.717) is 0 Å². The van der Waals surface area contributed by atoms with Gasteiger partial charge in [0.05, 0.1) is 6.54 Å². The Kier molecular flexibility index (Phi) is 4.76. The van der Waals surface area contributed by atoms with Crippen molar-refractivity contribution in [3.8, 4) is 0 Å². The first-order chi connectivity index (χ1) is 12.6. The molecule has 0 aromatic heterocycles. The van der Waals surface area contributed by atoms with Gasteiger partial charge in [-0.05, 0) is 80.4 Å². The monoisotopic (exact) mass is 354 g/mol. The predicted molar refractivity (Wildman–Crippen MR) is 103 cm³/mol. The lowest BCUT2D eigenvalue weighted by Gasteiger charge is -2.55. The fourth-order valence-electron chi connectivity index (χ4n) is 5.99. The van der Waals surface area contributed by atoms with Crippen LogP contribution in [-0.4, -0.2) is 18.4 Å². The standard InChI is InChI=1S/C22H30N2O2/c1-2-3-15-4-6-19(7-5-15)24-20(25)14-23-21(26)22-11-16-8-17(12-22)10-18(9-16)13-22/h4-7,16-18H,2-3,8-14H2,1H3,(H,23,26)(H,24,25). The molecule has 4 saturated carbocycles. The van der Waals surface area contributed by atoms with Crippen molar-refractivity contribution >= 4 is 17.5 Å². The van der Waals surface area contributed by atoms with Gasteiger partial charge in [0, 0.05) is 11.1 Å². The average molecular weight is 354 g/mol. The minimum atomic E-state index is -0.184. The highest BCUT2D eigenvalue weighted by Gasteiger charge is 2.54. The van der Waals surface area contributed by atoms with Crippen molar-refractivity contribution in [3.63, 3.8) is 0 Å². The molecule has 2 amide bonds. The maximum atomic E-state index is 12.9. The first-order valence-electron chi connectivity index (χ1n) is 10.2. The number of amides is 2. The molecule has 0 radical (unpaired) electrons. The number of carbonyl (C=O) groups excluding carboxylic acids is 2. The van der Waals surface area contributed by atoms with Gasteiger partial charge in [-0.1, -0.05) is 25.5 Å². The lowest BCUT2D eigenvalue weighted by Crippen LogP contribution is -2.54. The highest BCUT2D eigenvalue weighted by atomic mass is 16.2. The summed E-state index contributed by atoms with van der Waals surface area (Å²) in [6.45, 7) is 2.22. The van der Waals surface area contributed by atoms with Gasteiger partial charge >= 0.3 is 0 Å². The Labute approximate surface area is 156 Å². The Morgan fingerprint density at radius 2 is 1.58 bits per heavy atom. The van der Waals surface area contributed by atoms with Crippen LogP contribution >= 0.6 is 0 Å². The summed E-state index contributed by atoms with van der Waals surface area (Å²) in [6.07, 6.45) is 9.22. The Morgan fingerprint density at radius 3 is 2.12 bits per heavy atom. The Bertz CT molecular complexity index is 645. The topological polar surface area (TPSA) is 58.2 Å². The molecule has 2 N–H and O–H groups in total. The highest BCUT2D eigenvalue weighted by molar-refractivity contribution is 5.95. The second-order valence-electron chi connectivity index (χ2n) is 8.88. The molecular formula is C22H30N2O2. The Morgan fingerprint density at radius 1 is 1.00 bits per heavy atom. The number of aryl methyl sites for hydroxylation is 1. The first-order valence-corrected chi connectivity index (χ1v) is 10.2. The van der Waals surface area contributed by atoms with Crippen LogP contribution in [0.15, 0.2) is 24.3 Å². The van der Waals surface area contributed by atoms with Crippen molar-refractivity contribution in [1.29, 1.82) is 0 Å². The van der Waals surface area contributed by atoms with Crippen LogP contribution in [0.2, 0.25) is 0 Å². The first kappa shape index (κ1) is 17.6. The van der Waals surface area contributed by atoms with Crippen LogP contribution in [0, 0.1) is 23.2 Å². The summed E-state index contributed by atoms with van der Waals surface area (Å²) in [6, 6.07) is 7.97. The lowest BCUT2D eigenvalue weighted by atomic mass is 9.49. The number of anilines is 1. The smallest absolute Gasteiger partial charge is 0.243 e. The van der Waals surface area contributed by atoms with Gasteiger partial charge in [0.2, 0.25) is 11.8 Å². The van der Waals surface area contributed by atoms with Crippen LogP contribution in [0.3, 0.4) is 0 Å². The summed E-state index contributed by atoms with van der Waals surface area (Å²) < 4.78 is 0. The van der Waals surface area contributed by atoms with Gasteiger partial charge in [-0.3, -0.25) is 9.59 Å². The molecule has 4 aliphatic carbocycles. The molecule has 0 heterocycles. The largest absolute Gasteiger partial charge is 0.347 e. The van der Waals surface area contributed by atoms with Crippen molar-refractivity contribution < 1.29 is 9.59 Å². The van der Waals surface area contributed by atoms with Crippen LogP contribution in [0.4, 0.5) is 5.69 Å². The van der Waals surface area contributed by atoms with E-state index in [-0.39, 0.29) is 23.8 Å². The molecule has 140 valence electrons. The summed E-state index contributed by atoms with van der Waals surface area (Å²) in [5.74, 6) is 2.18. The second kappa shape index (κ2) is 7.05. The van der Waals surface area contributed by atoms with E-state index in [1.165, 1.54) is 24.8 Å². The molecule has 4 fully saturated rings. The maximum absolute atomic E-state index is 12.9. The van der Waals surface area contributed by atoms with Gasteiger partial charge in [0.15, 0.2) is 0 Å². The predicted octanol–water partition coefficient (Wildman–Crippen LogP) is 3.91. The number of rotatable bonds is 6. The zero-order valence-electron chi connectivity index (χ0n) is 15.7. The van der Waals surface area contributed by atoms with E-state index in [1.807, 2.05) is 24.3 Å². The third-order valence-corrected chi connectivity index (χ3v) is 6.71. The van der Waals surface area contributed by atoms with E-state index in [2.05, 4.69) is 17.6 Å². The zero-order chi connectivity index (χ0) is 18.1. The van der Waals surface area contributed by atoms with Gasteiger partial charge < -0.3 is 10.6 Å². The lowest BCUT2D eigenvalue weighted by molar-refractivity contribution is -0.146. The molecule has 4 aliphatic rings. The number of nitrogens with one attached hydrogen (secondary N) is 2. The van der Waals surface area contributed by atoms with Crippen LogP contribution in [0.25, 0.3) is 0 Å². The molecule has 0 saturated heterocycles. The molecule has 4 heteroatoms. The van der Waals surface area contributed by atoms with Gasteiger partial charge in [-0.15, -0.1) is 0 Å². The molecule has 0 aliphatic heterocycles. The summed E-state index contributed by atoms with van der Waals surface area (Å²) >= 11 is 0. The van der Waals surface area contributed by atoms with Gasteiger partial charge in [-0.25, -0.2) is 0 Å². The molecule has 1 aromatic rings. The third kappa shape index (κ3) is 3.51. The van der Waals surface area contributed by atoms with Gasteiger partial charge in [-0.2, -0.15) is 0 Å². The van der Waals surface area contributed by atoms with Crippen molar-refractivity contribution in [3.05, 3.63) is 29.8 Å². The summed E-state index contributed by atoms with van der Waals surface area (Å²) in [7, 11) is 0. The Hall–Kier alpha value is -1.84. The Balaban J connectivity index is 1.29. The zero-order valence-corrected chi connectivity index (χ0v) is 15.7. The number of benzene rings is 1. The van der Waals surface area contributed by atoms with E-state index < -0.39 is 0 Å². The van der Waals surface area contributed by atoms with E-state index in [9.17, 15) is 9.59 Å². The average Bonchev–Trinajstić information content (AvgIpc) is 2.60. The molecule has 0 unspecified atom stereocenters. The van der Waals surface area contributed by atoms with Gasteiger partial charge in [0.25, 0.3) is 0 Å². The fraction of sp³-hybridized carbons (Fsp3) is 0.636. The molecular weight excluding hydrogens is 324 g/mol. The number of carbonyl (C=O) groups is 2. The van der Waals surface area contributed by atoms with Crippen molar-refractivity contribution in [2.24, 2.45) is 23.2 Å². The quantitative estimate of drug-likeness (QED) is 0.814. The minimum Gasteiger partial charge on any atom is -0.347 e. The van der Waals surface area contributed by atoms with Crippen molar-refractivity contribution in [1.82, 2.24) is 5.32 Å². The molecule has 0 spiro atoms. The SMILES string of the molecule is CCCc1ccc(NC(=O)CNC(=O)C23CC4CC(CC(C4)C2)C3)cc1. The number of hydrogen-bond donors (Lipinski definition) is 2. The van der Waals surface area contributed by atoms with Crippen LogP contribution in [-0.2, 0) is 16.0 Å². The van der Waals surface area contributed by atoms with Gasteiger partial charge in [0.1, 0.15) is 0 Å². The normalized spacial score (nSPS) is 31.7. The molecule has 26 heavy (non-hydrogen) atoms. The molecule has 5 rings (SSSR count). The summed E-state index contributed by atoms with van der Waals surface area (Å²) in [5, 5.41) is 5.83. The highest BCUT2D eigenvalue weighted by Crippen LogP contribution is 2.60. The third-order valence-electron chi connectivity index (χ3n) is 6.71. The molecule has 4 bridgehead atoms.